The molecule has 0 aliphatic rings. The van der Waals surface area contributed by atoms with Crippen LogP contribution < -0.4 is 4.74 Å². The van der Waals surface area contributed by atoms with E-state index >= 15 is 0 Å². The molecule has 19 heavy (non-hydrogen) atoms. The Bertz CT molecular complexity index is 610. The summed E-state index contributed by atoms with van der Waals surface area (Å²) >= 11 is 0. The Hall–Kier alpha value is -2.56. The zero-order valence-corrected chi connectivity index (χ0v) is 9.84. The number of halogens is 1. The van der Waals surface area contributed by atoms with E-state index in [1.807, 2.05) is 0 Å². The van der Waals surface area contributed by atoms with Crippen LogP contribution in [0.15, 0.2) is 42.5 Å². The molecular weight excluding hydrogens is 251 g/mol. The third-order valence-electron chi connectivity index (χ3n) is 2.49. The molecule has 0 bridgehead atoms. The second-order valence-corrected chi connectivity index (χ2v) is 3.90. The molecule has 0 unspecified atom stereocenters. The molecule has 0 aliphatic heterocycles. The van der Waals surface area contributed by atoms with Gasteiger partial charge in [0.1, 0.15) is 23.9 Å². The molecule has 0 fully saturated rings. The quantitative estimate of drug-likeness (QED) is 0.889. The molecule has 5 heteroatoms. The Labute approximate surface area is 108 Å². The lowest BCUT2D eigenvalue weighted by atomic mass is 10.2. The molecule has 0 aromatic heterocycles. The van der Waals surface area contributed by atoms with Crippen LogP contribution in [0.25, 0.3) is 0 Å². The molecule has 0 radical (unpaired) electrons. The summed E-state index contributed by atoms with van der Waals surface area (Å²) in [5, 5.41) is 18.2. The van der Waals surface area contributed by atoms with Crippen LogP contribution in [0.3, 0.4) is 0 Å². The number of aromatic carboxylic acids is 1. The Morgan fingerprint density at radius 1 is 1.21 bits per heavy atom. The van der Waals surface area contributed by atoms with Gasteiger partial charge in [0.05, 0.1) is 5.56 Å². The van der Waals surface area contributed by atoms with E-state index in [1.54, 1.807) is 18.2 Å². The number of phenolic OH excluding ortho intramolecular Hbond substituents is 1. The van der Waals surface area contributed by atoms with Crippen molar-refractivity contribution in [3.05, 3.63) is 59.4 Å². The van der Waals surface area contributed by atoms with E-state index in [4.69, 9.17) is 9.84 Å². The van der Waals surface area contributed by atoms with Gasteiger partial charge in [-0.3, -0.25) is 0 Å². The minimum Gasteiger partial charge on any atom is -0.508 e. The molecule has 2 rings (SSSR count). The van der Waals surface area contributed by atoms with Gasteiger partial charge < -0.3 is 14.9 Å². The molecule has 2 N–H and O–H groups in total. The molecule has 0 amide bonds. The number of phenols is 1. The lowest BCUT2D eigenvalue weighted by molar-refractivity contribution is 0.0696. The summed E-state index contributed by atoms with van der Waals surface area (Å²) in [6, 6.07) is 9.76. The highest BCUT2D eigenvalue weighted by Gasteiger charge is 2.08. The summed E-state index contributed by atoms with van der Waals surface area (Å²) in [7, 11) is 0. The number of benzene rings is 2. The highest BCUT2D eigenvalue weighted by molar-refractivity contribution is 5.88. The number of rotatable bonds is 4. The van der Waals surface area contributed by atoms with Gasteiger partial charge in [-0.1, -0.05) is 18.2 Å². The number of carbonyl (C=O) groups is 1. The van der Waals surface area contributed by atoms with Crippen molar-refractivity contribution >= 4 is 5.97 Å². The van der Waals surface area contributed by atoms with Crippen molar-refractivity contribution in [1.29, 1.82) is 0 Å². The summed E-state index contributed by atoms with van der Waals surface area (Å²) in [4.78, 5) is 10.8. The van der Waals surface area contributed by atoms with E-state index in [0.717, 1.165) is 6.07 Å². The van der Waals surface area contributed by atoms with E-state index in [1.165, 1.54) is 18.2 Å². The van der Waals surface area contributed by atoms with Crippen molar-refractivity contribution < 1.29 is 24.1 Å². The predicted molar refractivity (Wildman–Crippen MR) is 65.8 cm³/mol. The maximum Gasteiger partial charge on any atom is 0.335 e. The molecule has 0 saturated carbocycles. The minimum absolute atomic E-state index is 0.0464. The Morgan fingerprint density at radius 2 is 1.95 bits per heavy atom. The maximum atomic E-state index is 13.4. The van der Waals surface area contributed by atoms with Gasteiger partial charge in [-0.25, -0.2) is 9.18 Å². The number of carboxylic acid groups (broad SMARTS) is 1. The molecule has 2 aromatic carbocycles. The first-order valence-corrected chi connectivity index (χ1v) is 5.50. The van der Waals surface area contributed by atoms with Crippen LogP contribution in [-0.2, 0) is 6.61 Å². The van der Waals surface area contributed by atoms with Crippen molar-refractivity contribution in [3.63, 3.8) is 0 Å². The van der Waals surface area contributed by atoms with E-state index < -0.39 is 11.8 Å². The van der Waals surface area contributed by atoms with Gasteiger partial charge in [0.15, 0.2) is 0 Å². The van der Waals surface area contributed by atoms with E-state index in [2.05, 4.69) is 0 Å². The number of carboxylic acids is 1. The van der Waals surface area contributed by atoms with Crippen molar-refractivity contribution in [2.24, 2.45) is 0 Å². The SMILES string of the molecule is O=C(O)c1cc(O)cc(OCc2ccccc2F)c1. The third kappa shape index (κ3) is 3.22. The average molecular weight is 262 g/mol. The smallest absolute Gasteiger partial charge is 0.335 e. The van der Waals surface area contributed by atoms with Gasteiger partial charge in [-0.15, -0.1) is 0 Å². The lowest BCUT2D eigenvalue weighted by Gasteiger charge is -2.08. The first-order chi connectivity index (χ1) is 9.06. The molecule has 0 heterocycles. The molecule has 0 spiro atoms. The standard InChI is InChI=1S/C14H11FO4/c15-13-4-2-1-3-9(13)8-19-12-6-10(14(17)18)5-11(16)7-12/h1-7,16H,8H2,(H,17,18). The van der Waals surface area contributed by atoms with E-state index in [9.17, 15) is 14.3 Å². The minimum atomic E-state index is -1.17. The van der Waals surface area contributed by atoms with Crippen LogP contribution in [0.1, 0.15) is 15.9 Å². The van der Waals surface area contributed by atoms with Gasteiger partial charge in [-0.2, -0.15) is 0 Å². The highest BCUT2D eigenvalue weighted by atomic mass is 19.1. The van der Waals surface area contributed by atoms with Crippen molar-refractivity contribution in [2.75, 3.05) is 0 Å². The maximum absolute atomic E-state index is 13.4. The third-order valence-corrected chi connectivity index (χ3v) is 2.49. The van der Waals surface area contributed by atoms with Crippen molar-refractivity contribution in [1.82, 2.24) is 0 Å². The Kier molecular flexibility index (Phi) is 3.66. The number of aromatic hydroxyl groups is 1. The average Bonchev–Trinajstić information content (AvgIpc) is 2.37. The van der Waals surface area contributed by atoms with Gasteiger partial charge in [0.2, 0.25) is 0 Å². The van der Waals surface area contributed by atoms with Crippen LogP contribution in [0.4, 0.5) is 4.39 Å². The predicted octanol–water partition coefficient (Wildman–Crippen LogP) is 2.81. The zero-order chi connectivity index (χ0) is 13.8. The first-order valence-electron chi connectivity index (χ1n) is 5.50. The number of ether oxygens (including phenoxy) is 1. The van der Waals surface area contributed by atoms with Gasteiger partial charge in [-0.05, 0) is 18.2 Å². The number of hydrogen-bond acceptors (Lipinski definition) is 3. The summed E-state index contributed by atoms with van der Waals surface area (Å²) in [6.45, 7) is -0.0464. The normalized spacial score (nSPS) is 10.2. The van der Waals surface area contributed by atoms with E-state index in [-0.39, 0.29) is 23.7 Å². The molecule has 0 saturated heterocycles. The van der Waals surface area contributed by atoms with Crippen LogP contribution in [0.5, 0.6) is 11.5 Å². The highest BCUT2D eigenvalue weighted by Crippen LogP contribution is 2.23. The zero-order valence-electron chi connectivity index (χ0n) is 9.84. The fourth-order valence-electron chi connectivity index (χ4n) is 1.57. The molecule has 4 nitrogen and oxygen atoms in total. The van der Waals surface area contributed by atoms with Crippen molar-refractivity contribution in [2.45, 2.75) is 6.61 Å². The second kappa shape index (κ2) is 5.39. The molecule has 0 aliphatic carbocycles. The fraction of sp³-hybridized carbons (Fsp3) is 0.0714. The van der Waals surface area contributed by atoms with Crippen LogP contribution in [0.2, 0.25) is 0 Å². The summed E-state index contributed by atoms with van der Waals surface area (Å²) in [5.41, 5.74) is 0.256. The van der Waals surface area contributed by atoms with Gasteiger partial charge >= 0.3 is 5.97 Å². The van der Waals surface area contributed by atoms with Gasteiger partial charge in [0, 0.05) is 11.6 Å². The van der Waals surface area contributed by atoms with Crippen molar-refractivity contribution in [3.8, 4) is 11.5 Å². The molecular formula is C14H11FO4. The van der Waals surface area contributed by atoms with Crippen LogP contribution in [0, 0.1) is 5.82 Å². The molecule has 2 aromatic rings. The van der Waals surface area contributed by atoms with Gasteiger partial charge in [0.25, 0.3) is 0 Å². The summed E-state index contributed by atoms with van der Waals surface area (Å²) in [6.07, 6.45) is 0. The largest absolute Gasteiger partial charge is 0.508 e. The molecule has 0 atom stereocenters. The van der Waals surface area contributed by atoms with E-state index in [0.29, 0.717) is 5.56 Å². The molecule has 98 valence electrons. The summed E-state index contributed by atoms with van der Waals surface area (Å²) < 4.78 is 18.6. The topological polar surface area (TPSA) is 66.8 Å². The lowest BCUT2D eigenvalue weighted by Crippen LogP contribution is -2.00. The first kappa shape index (κ1) is 12.9. The second-order valence-electron chi connectivity index (χ2n) is 3.90. The Morgan fingerprint density at radius 3 is 2.63 bits per heavy atom. The Balaban J connectivity index is 2.16. The fourth-order valence-corrected chi connectivity index (χ4v) is 1.57. The van der Waals surface area contributed by atoms with Crippen LogP contribution >= 0.6 is 0 Å². The van der Waals surface area contributed by atoms with Crippen LogP contribution in [-0.4, -0.2) is 16.2 Å². The number of hydrogen-bond donors (Lipinski definition) is 2. The monoisotopic (exact) mass is 262 g/mol. The summed E-state index contributed by atoms with van der Waals surface area (Å²) in [5.74, 6) is -1.63.